The average molecular weight is 271 g/mol. The van der Waals surface area contributed by atoms with Crippen LogP contribution in [0.15, 0.2) is 17.0 Å². The molecule has 0 amide bonds. The Morgan fingerprint density at radius 1 is 1.28 bits per heavy atom. The molecule has 0 bridgehead atoms. The predicted molar refractivity (Wildman–Crippen MR) is 61.5 cm³/mol. The molecule has 0 aliphatic carbocycles. The van der Waals surface area contributed by atoms with Crippen LogP contribution in [0.2, 0.25) is 0 Å². The molecule has 1 aromatic rings. The van der Waals surface area contributed by atoms with Crippen molar-refractivity contribution < 1.29 is 13.2 Å². The summed E-state index contributed by atoms with van der Waals surface area (Å²) < 4.78 is 37.8. The van der Waals surface area contributed by atoms with Gasteiger partial charge in [-0.3, -0.25) is 0 Å². The molecule has 3 nitrogen and oxygen atoms in total. The molecule has 2 N–H and O–H groups in total. The van der Waals surface area contributed by atoms with Gasteiger partial charge in [-0.1, -0.05) is 0 Å². The van der Waals surface area contributed by atoms with Gasteiger partial charge in [0.25, 0.3) is 0 Å². The number of nitrogen functional groups attached to an aromatic ring is 1. The Morgan fingerprint density at radius 2 is 1.94 bits per heavy atom. The van der Waals surface area contributed by atoms with Crippen LogP contribution in [0, 0.1) is 22.7 Å². The Bertz CT molecular complexity index is 526. The first kappa shape index (κ1) is 14.2. The number of rotatable bonds is 3. The lowest BCUT2D eigenvalue weighted by Gasteiger charge is -2.13. The maximum atomic E-state index is 12.6. The molecule has 0 atom stereocenters. The molecule has 0 aliphatic heterocycles. The summed E-state index contributed by atoms with van der Waals surface area (Å²) in [5.74, 6) is 0.414. The molecule has 1 aromatic carbocycles. The normalized spacial score (nSPS) is 10.7. The minimum absolute atomic E-state index is 0.185. The highest BCUT2D eigenvalue weighted by molar-refractivity contribution is 7.99. The van der Waals surface area contributed by atoms with Gasteiger partial charge in [-0.15, -0.1) is 11.8 Å². The van der Waals surface area contributed by atoms with Crippen molar-refractivity contribution in [1.82, 2.24) is 0 Å². The maximum absolute atomic E-state index is 12.6. The average Bonchev–Trinajstić information content (AvgIpc) is 2.29. The van der Waals surface area contributed by atoms with E-state index in [1.807, 2.05) is 6.07 Å². The number of anilines is 1. The van der Waals surface area contributed by atoms with E-state index < -0.39 is 17.3 Å². The first-order chi connectivity index (χ1) is 8.41. The highest BCUT2D eigenvalue weighted by Gasteiger charge is 2.34. The predicted octanol–water partition coefficient (Wildman–Crippen LogP) is 3.17. The zero-order valence-electron chi connectivity index (χ0n) is 9.08. The van der Waals surface area contributed by atoms with Gasteiger partial charge < -0.3 is 5.73 Å². The Morgan fingerprint density at radius 3 is 2.44 bits per heavy atom. The number of thioether (sulfide) groups is 1. The Balaban J connectivity index is 3.15. The highest BCUT2D eigenvalue weighted by Crippen LogP contribution is 2.38. The molecular weight excluding hydrogens is 263 g/mol. The smallest absolute Gasteiger partial charge is 0.397 e. The lowest BCUT2D eigenvalue weighted by atomic mass is 10.1. The molecule has 0 aromatic heterocycles. The van der Waals surface area contributed by atoms with Crippen LogP contribution in [0.4, 0.5) is 18.9 Å². The summed E-state index contributed by atoms with van der Waals surface area (Å²) in [6, 6.07) is 5.45. The largest absolute Gasteiger partial charge is 0.417 e. The van der Waals surface area contributed by atoms with Crippen LogP contribution in [-0.2, 0) is 6.18 Å². The quantitative estimate of drug-likeness (QED) is 0.520. The molecule has 94 valence electrons. The summed E-state index contributed by atoms with van der Waals surface area (Å²) in [5.41, 5.74) is 3.76. The van der Waals surface area contributed by atoms with E-state index in [2.05, 4.69) is 0 Å². The molecule has 18 heavy (non-hydrogen) atoms. The second kappa shape index (κ2) is 5.65. The number of hydrogen-bond acceptors (Lipinski definition) is 4. The van der Waals surface area contributed by atoms with E-state index in [1.165, 1.54) is 12.1 Å². The van der Waals surface area contributed by atoms with Crippen LogP contribution < -0.4 is 5.73 Å². The van der Waals surface area contributed by atoms with E-state index in [0.29, 0.717) is 10.6 Å². The van der Waals surface area contributed by atoms with E-state index in [0.717, 1.165) is 17.8 Å². The summed E-state index contributed by atoms with van der Waals surface area (Å²) in [4.78, 5) is 0.384. The van der Waals surface area contributed by atoms with E-state index in [1.54, 1.807) is 0 Å². The van der Waals surface area contributed by atoms with Crippen molar-refractivity contribution in [3.63, 3.8) is 0 Å². The van der Waals surface area contributed by atoms with Crippen LogP contribution in [0.25, 0.3) is 0 Å². The number of nitrogens with zero attached hydrogens (tertiary/aromatic N) is 2. The zero-order chi connectivity index (χ0) is 13.8. The van der Waals surface area contributed by atoms with Gasteiger partial charge in [0.15, 0.2) is 0 Å². The fourth-order valence-corrected chi connectivity index (χ4v) is 2.12. The van der Waals surface area contributed by atoms with Gasteiger partial charge in [-0.2, -0.15) is 23.7 Å². The SMILES string of the molecule is N#CCCSc1ccc(C(F)(F)F)c(C#N)c1N. The van der Waals surface area contributed by atoms with E-state index in [4.69, 9.17) is 16.3 Å². The topological polar surface area (TPSA) is 73.6 Å². The van der Waals surface area contributed by atoms with Crippen molar-refractivity contribution in [2.45, 2.75) is 17.5 Å². The second-order valence-corrected chi connectivity index (χ2v) is 4.40. The maximum Gasteiger partial charge on any atom is 0.417 e. The molecule has 0 radical (unpaired) electrons. The highest BCUT2D eigenvalue weighted by atomic mass is 32.2. The van der Waals surface area contributed by atoms with Gasteiger partial charge in [0.05, 0.1) is 22.9 Å². The fourth-order valence-electron chi connectivity index (χ4n) is 1.29. The molecule has 1 rings (SSSR count). The van der Waals surface area contributed by atoms with Crippen LogP contribution >= 0.6 is 11.8 Å². The number of hydrogen-bond donors (Lipinski definition) is 1. The summed E-state index contributed by atoms with van der Waals surface area (Å²) in [5, 5.41) is 17.1. The number of alkyl halides is 3. The molecule has 0 spiro atoms. The Hall–Kier alpha value is -1.86. The summed E-state index contributed by atoms with van der Waals surface area (Å²) in [6.45, 7) is 0. The van der Waals surface area contributed by atoms with Crippen molar-refractivity contribution in [2.24, 2.45) is 0 Å². The number of nitriles is 2. The summed E-state index contributed by atoms with van der Waals surface area (Å²) in [6.07, 6.45) is -4.35. The van der Waals surface area contributed by atoms with Gasteiger partial charge in [0.1, 0.15) is 6.07 Å². The third-order valence-corrected chi connectivity index (χ3v) is 3.17. The first-order valence-corrected chi connectivity index (χ1v) is 5.80. The fraction of sp³-hybridized carbons (Fsp3) is 0.273. The van der Waals surface area contributed by atoms with Crippen molar-refractivity contribution in [1.29, 1.82) is 10.5 Å². The molecule has 0 saturated heterocycles. The summed E-state index contributed by atoms with van der Waals surface area (Å²) in [7, 11) is 0. The van der Waals surface area contributed by atoms with Crippen molar-refractivity contribution in [2.75, 3.05) is 11.5 Å². The van der Waals surface area contributed by atoms with E-state index in [-0.39, 0.29) is 12.1 Å². The molecule has 0 unspecified atom stereocenters. The molecule has 0 saturated carbocycles. The zero-order valence-corrected chi connectivity index (χ0v) is 9.90. The van der Waals surface area contributed by atoms with Crippen LogP contribution in [0.3, 0.4) is 0 Å². The van der Waals surface area contributed by atoms with Crippen molar-refractivity contribution in [3.8, 4) is 12.1 Å². The number of benzene rings is 1. The monoisotopic (exact) mass is 271 g/mol. The van der Waals surface area contributed by atoms with Crippen LogP contribution in [-0.4, -0.2) is 5.75 Å². The van der Waals surface area contributed by atoms with Crippen LogP contribution in [0.5, 0.6) is 0 Å². The van der Waals surface area contributed by atoms with E-state index >= 15 is 0 Å². The third kappa shape index (κ3) is 3.08. The molecule has 0 heterocycles. The van der Waals surface area contributed by atoms with Crippen LogP contribution in [0.1, 0.15) is 17.5 Å². The van der Waals surface area contributed by atoms with Gasteiger partial charge in [-0.05, 0) is 12.1 Å². The van der Waals surface area contributed by atoms with Gasteiger partial charge in [0.2, 0.25) is 0 Å². The minimum atomic E-state index is -4.60. The van der Waals surface area contributed by atoms with Crippen molar-refractivity contribution >= 4 is 17.4 Å². The Labute approximate surface area is 106 Å². The summed E-state index contributed by atoms with van der Waals surface area (Å²) >= 11 is 1.15. The first-order valence-electron chi connectivity index (χ1n) is 4.81. The van der Waals surface area contributed by atoms with Gasteiger partial charge in [-0.25, -0.2) is 0 Å². The third-order valence-electron chi connectivity index (χ3n) is 2.09. The second-order valence-electron chi connectivity index (χ2n) is 3.27. The Kier molecular flexibility index (Phi) is 4.46. The van der Waals surface area contributed by atoms with Gasteiger partial charge >= 0.3 is 6.18 Å². The molecule has 7 heteroatoms. The molecular formula is C11H8F3N3S. The van der Waals surface area contributed by atoms with Gasteiger partial charge in [0, 0.05) is 17.1 Å². The molecule has 0 fully saturated rings. The number of halogens is 3. The molecule has 0 aliphatic rings. The van der Waals surface area contributed by atoms with Crippen molar-refractivity contribution in [3.05, 3.63) is 23.3 Å². The lowest BCUT2D eigenvalue weighted by Crippen LogP contribution is -2.10. The van der Waals surface area contributed by atoms with E-state index in [9.17, 15) is 13.2 Å². The minimum Gasteiger partial charge on any atom is -0.397 e. The number of nitrogens with two attached hydrogens (primary N) is 1. The standard InChI is InChI=1S/C11H8F3N3S/c12-11(13,14)8-2-3-9(18-5-1-4-15)10(17)7(8)6-16/h2-3H,1,5,17H2. The lowest BCUT2D eigenvalue weighted by molar-refractivity contribution is -0.137.